The van der Waals surface area contributed by atoms with Gasteiger partial charge in [-0.05, 0) is 66.6 Å². The largest absolute Gasteiger partial charge is 0.306 e. The molecule has 0 unspecified atom stereocenters. The number of hydrogen-bond donors (Lipinski definition) is 1. The van der Waals surface area contributed by atoms with Crippen LogP contribution in [0.5, 0.6) is 0 Å². The third-order valence-electron chi connectivity index (χ3n) is 5.22. The maximum atomic E-state index is 12.9. The van der Waals surface area contributed by atoms with Crippen molar-refractivity contribution in [2.24, 2.45) is 0 Å². The SMILES string of the molecule is O=c1[nH]c(-c2ccc(Cl)cc2)nc2scc(-c3ccc4c(c3)CCCC4)c12. The molecule has 2 aromatic carbocycles. The lowest BCUT2D eigenvalue weighted by Gasteiger charge is -2.16. The highest BCUT2D eigenvalue weighted by Gasteiger charge is 2.16. The van der Waals surface area contributed by atoms with Crippen molar-refractivity contribution in [2.75, 3.05) is 0 Å². The molecule has 1 N–H and O–H groups in total. The number of halogens is 1. The van der Waals surface area contributed by atoms with Gasteiger partial charge < -0.3 is 4.98 Å². The average molecular weight is 393 g/mol. The van der Waals surface area contributed by atoms with Crippen LogP contribution in [-0.2, 0) is 12.8 Å². The van der Waals surface area contributed by atoms with Crippen molar-refractivity contribution >= 4 is 33.2 Å². The number of benzene rings is 2. The van der Waals surface area contributed by atoms with Crippen LogP contribution in [0.15, 0.2) is 52.6 Å². The molecule has 0 fully saturated rings. The molecule has 2 aromatic heterocycles. The van der Waals surface area contributed by atoms with Crippen LogP contribution >= 0.6 is 22.9 Å². The predicted octanol–water partition coefficient (Wildman–Crippen LogP) is 5.85. The third kappa shape index (κ3) is 2.99. The fourth-order valence-electron chi connectivity index (χ4n) is 3.81. The predicted molar refractivity (Wildman–Crippen MR) is 113 cm³/mol. The van der Waals surface area contributed by atoms with Gasteiger partial charge in [0.05, 0.1) is 5.39 Å². The van der Waals surface area contributed by atoms with Crippen LogP contribution in [0.1, 0.15) is 24.0 Å². The summed E-state index contributed by atoms with van der Waals surface area (Å²) in [4.78, 5) is 21.3. The Bertz CT molecular complexity index is 1210. The topological polar surface area (TPSA) is 45.8 Å². The monoisotopic (exact) mass is 392 g/mol. The summed E-state index contributed by atoms with van der Waals surface area (Å²) in [6.07, 6.45) is 4.80. The molecule has 0 saturated heterocycles. The van der Waals surface area contributed by atoms with Gasteiger partial charge in [0, 0.05) is 21.5 Å². The Morgan fingerprint density at radius 1 is 0.963 bits per heavy atom. The number of aryl methyl sites for hydroxylation is 2. The molecule has 0 aliphatic heterocycles. The number of H-pyrrole nitrogens is 1. The summed E-state index contributed by atoms with van der Waals surface area (Å²) in [5.41, 5.74) is 5.69. The molecule has 0 atom stereocenters. The fourth-order valence-corrected chi connectivity index (χ4v) is 4.88. The molecule has 5 heteroatoms. The maximum Gasteiger partial charge on any atom is 0.260 e. The lowest BCUT2D eigenvalue weighted by atomic mass is 9.89. The summed E-state index contributed by atoms with van der Waals surface area (Å²) in [5, 5.41) is 3.38. The number of fused-ring (bicyclic) bond motifs is 2. The highest BCUT2D eigenvalue weighted by molar-refractivity contribution is 7.17. The van der Waals surface area contributed by atoms with E-state index in [1.807, 2.05) is 17.5 Å². The van der Waals surface area contributed by atoms with Gasteiger partial charge in [-0.25, -0.2) is 4.98 Å². The molecule has 3 nitrogen and oxygen atoms in total. The minimum Gasteiger partial charge on any atom is -0.306 e. The van der Waals surface area contributed by atoms with Gasteiger partial charge in [0.25, 0.3) is 5.56 Å². The fraction of sp³-hybridized carbons (Fsp3) is 0.182. The van der Waals surface area contributed by atoms with E-state index < -0.39 is 0 Å². The van der Waals surface area contributed by atoms with Crippen molar-refractivity contribution in [3.63, 3.8) is 0 Å². The minimum atomic E-state index is -0.0982. The molecule has 4 aromatic rings. The van der Waals surface area contributed by atoms with Crippen LogP contribution in [0.25, 0.3) is 32.7 Å². The van der Waals surface area contributed by atoms with Crippen molar-refractivity contribution in [3.8, 4) is 22.5 Å². The first-order valence-corrected chi connectivity index (χ1v) is 10.3. The van der Waals surface area contributed by atoms with Gasteiger partial charge in [0.1, 0.15) is 10.7 Å². The summed E-state index contributed by atoms with van der Waals surface area (Å²) in [6, 6.07) is 13.9. The molecule has 2 heterocycles. The highest BCUT2D eigenvalue weighted by Crippen LogP contribution is 2.34. The third-order valence-corrected chi connectivity index (χ3v) is 6.35. The second-order valence-corrected chi connectivity index (χ2v) is 8.24. The van der Waals surface area contributed by atoms with Crippen molar-refractivity contribution in [2.45, 2.75) is 25.7 Å². The van der Waals surface area contributed by atoms with Gasteiger partial charge in [0.2, 0.25) is 0 Å². The van der Waals surface area contributed by atoms with Crippen LogP contribution < -0.4 is 5.56 Å². The van der Waals surface area contributed by atoms with E-state index in [1.165, 1.54) is 35.3 Å². The summed E-state index contributed by atoms with van der Waals surface area (Å²) in [7, 11) is 0. The van der Waals surface area contributed by atoms with Gasteiger partial charge in [-0.2, -0.15) is 0 Å². The molecule has 1 aliphatic rings. The molecular weight excluding hydrogens is 376 g/mol. The molecule has 0 saturated carbocycles. The standard InChI is InChI=1S/C22H17ClN2OS/c23-17-9-7-14(8-10-17)20-24-21(26)19-18(12-27-22(19)25-20)16-6-5-13-3-1-2-4-15(13)11-16/h5-12H,1-4H2,(H,24,25,26). The number of aromatic nitrogens is 2. The Kier molecular flexibility index (Phi) is 4.10. The first-order chi connectivity index (χ1) is 13.2. The van der Waals surface area contributed by atoms with Gasteiger partial charge in [-0.1, -0.05) is 29.8 Å². The van der Waals surface area contributed by atoms with Crippen LogP contribution in [0, 0.1) is 0 Å². The van der Waals surface area contributed by atoms with E-state index in [-0.39, 0.29) is 5.56 Å². The van der Waals surface area contributed by atoms with Crippen molar-refractivity contribution < 1.29 is 0 Å². The number of thiophene rings is 1. The highest BCUT2D eigenvalue weighted by atomic mass is 35.5. The second kappa shape index (κ2) is 6.63. The molecule has 0 radical (unpaired) electrons. The van der Waals surface area contributed by atoms with E-state index in [9.17, 15) is 4.79 Å². The smallest absolute Gasteiger partial charge is 0.260 e. The van der Waals surface area contributed by atoms with Crippen LogP contribution in [-0.4, -0.2) is 9.97 Å². The molecule has 134 valence electrons. The van der Waals surface area contributed by atoms with Crippen LogP contribution in [0.3, 0.4) is 0 Å². The Labute approximate surface area is 165 Å². The summed E-state index contributed by atoms with van der Waals surface area (Å²) < 4.78 is 0. The number of hydrogen-bond acceptors (Lipinski definition) is 3. The van der Waals surface area contributed by atoms with E-state index in [0.29, 0.717) is 16.2 Å². The summed E-state index contributed by atoms with van der Waals surface area (Å²) in [6.45, 7) is 0. The van der Waals surface area contributed by atoms with Crippen LogP contribution in [0.4, 0.5) is 0 Å². The number of rotatable bonds is 2. The van der Waals surface area contributed by atoms with E-state index in [2.05, 4.69) is 28.2 Å². The zero-order chi connectivity index (χ0) is 18.4. The Morgan fingerprint density at radius 3 is 2.52 bits per heavy atom. The summed E-state index contributed by atoms with van der Waals surface area (Å²) >= 11 is 7.47. The first kappa shape index (κ1) is 16.7. The van der Waals surface area contributed by atoms with Crippen molar-refractivity contribution in [1.29, 1.82) is 0 Å². The van der Waals surface area contributed by atoms with Crippen LogP contribution in [0.2, 0.25) is 5.02 Å². The first-order valence-electron chi connectivity index (χ1n) is 9.09. The Hall–Kier alpha value is -2.43. The molecule has 0 spiro atoms. The van der Waals surface area contributed by atoms with E-state index in [0.717, 1.165) is 34.4 Å². The normalized spacial score (nSPS) is 13.7. The van der Waals surface area contributed by atoms with Gasteiger partial charge in [-0.3, -0.25) is 4.79 Å². The minimum absolute atomic E-state index is 0.0982. The molecular formula is C22H17ClN2OS. The quantitative estimate of drug-likeness (QED) is 0.465. The molecule has 1 aliphatic carbocycles. The number of aromatic amines is 1. The average Bonchev–Trinajstić information content (AvgIpc) is 3.13. The van der Waals surface area contributed by atoms with E-state index in [1.54, 1.807) is 12.1 Å². The van der Waals surface area contributed by atoms with E-state index >= 15 is 0 Å². The molecule has 27 heavy (non-hydrogen) atoms. The zero-order valence-corrected chi connectivity index (χ0v) is 16.2. The second-order valence-electron chi connectivity index (χ2n) is 6.94. The lowest BCUT2D eigenvalue weighted by molar-refractivity contribution is 0.686. The van der Waals surface area contributed by atoms with Gasteiger partial charge >= 0.3 is 0 Å². The van der Waals surface area contributed by atoms with Gasteiger partial charge in [-0.15, -0.1) is 11.3 Å². The number of nitrogens with zero attached hydrogens (tertiary/aromatic N) is 1. The zero-order valence-electron chi connectivity index (χ0n) is 14.6. The molecule has 0 bridgehead atoms. The number of nitrogens with one attached hydrogen (secondary N) is 1. The maximum absolute atomic E-state index is 12.9. The van der Waals surface area contributed by atoms with Gasteiger partial charge in [0.15, 0.2) is 0 Å². The Morgan fingerprint density at radius 2 is 1.70 bits per heavy atom. The lowest BCUT2D eigenvalue weighted by Crippen LogP contribution is -2.09. The molecule has 5 rings (SSSR count). The summed E-state index contributed by atoms with van der Waals surface area (Å²) in [5.74, 6) is 0.572. The van der Waals surface area contributed by atoms with E-state index in [4.69, 9.17) is 11.6 Å². The Balaban J connectivity index is 1.63. The van der Waals surface area contributed by atoms with Crippen molar-refractivity contribution in [3.05, 3.63) is 74.3 Å². The molecule has 0 amide bonds. The van der Waals surface area contributed by atoms with Crippen molar-refractivity contribution in [1.82, 2.24) is 9.97 Å².